The van der Waals surface area contributed by atoms with Gasteiger partial charge in [-0.3, -0.25) is 9.36 Å². The predicted octanol–water partition coefficient (Wildman–Crippen LogP) is 3.47. The Kier molecular flexibility index (Phi) is 6.70. The van der Waals surface area contributed by atoms with Gasteiger partial charge in [-0.25, -0.2) is 9.79 Å². The molecule has 0 amide bonds. The lowest BCUT2D eigenvalue weighted by Crippen LogP contribution is -2.38. The van der Waals surface area contributed by atoms with E-state index in [9.17, 15) is 9.59 Å². The molecule has 1 aliphatic heterocycles. The number of esters is 1. The molecule has 0 saturated carbocycles. The van der Waals surface area contributed by atoms with E-state index >= 15 is 0 Å². The number of hydrogen-bond donors (Lipinski definition) is 0. The third-order valence-corrected chi connectivity index (χ3v) is 6.20. The number of aromatic nitrogens is 1. The van der Waals surface area contributed by atoms with Gasteiger partial charge in [0.05, 0.1) is 35.6 Å². The molecule has 0 bridgehead atoms. The summed E-state index contributed by atoms with van der Waals surface area (Å²) in [6, 6.07) is 16.6. The molecular formula is C26H24N2O4S. The van der Waals surface area contributed by atoms with Crippen molar-refractivity contribution in [3.63, 3.8) is 0 Å². The molecule has 2 heterocycles. The minimum atomic E-state index is -0.618. The Balaban J connectivity index is 1.87. The number of thiazole rings is 1. The molecule has 0 radical (unpaired) electrons. The van der Waals surface area contributed by atoms with Crippen molar-refractivity contribution in [2.24, 2.45) is 4.99 Å². The van der Waals surface area contributed by atoms with Crippen molar-refractivity contribution in [1.29, 1.82) is 0 Å². The fourth-order valence-electron chi connectivity index (χ4n) is 3.67. The van der Waals surface area contributed by atoms with Crippen LogP contribution in [0.2, 0.25) is 0 Å². The van der Waals surface area contributed by atoms with E-state index in [2.05, 4.69) is 4.99 Å². The zero-order valence-electron chi connectivity index (χ0n) is 18.6. The van der Waals surface area contributed by atoms with Gasteiger partial charge in [0.2, 0.25) is 0 Å². The molecule has 1 aliphatic rings. The number of carbonyl (C=O) groups is 1. The van der Waals surface area contributed by atoms with E-state index in [1.54, 1.807) is 25.5 Å². The average Bonchev–Trinajstić information content (AvgIpc) is 3.12. The fourth-order valence-corrected chi connectivity index (χ4v) is 4.72. The van der Waals surface area contributed by atoms with Gasteiger partial charge >= 0.3 is 5.97 Å². The lowest BCUT2D eigenvalue weighted by molar-refractivity contribution is -0.139. The number of allylic oxidation sites excluding steroid dienone is 2. The van der Waals surface area contributed by atoms with Crippen LogP contribution < -0.4 is 19.6 Å². The van der Waals surface area contributed by atoms with Gasteiger partial charge in [0.1, 0.15) is 5.75 Å². The third-order valence-electron chi connectivity index (χ3n) is 5.22. The van der Waals surface area contributed by atoms with Crippen LogP contribution in [0, 0.1) is 0 Å². The van der Waals surface area contributed by atoms with Crippen molar-refractivity contribution < 1.29 is 14.3 Å². The summed E-state index contributed by atoms with van der Waals surface area (Å²) in [5.74, 6) is 0.240. The predicted molar refractivity (Wildman–Crippen MR) is 130 cm³/mol. The zero-order valence-corrected chi connectivity index (χ0v) is 19.5. The van der Waals surface area contributed by atoms with Crippen molar-refractivity contribution >= 4 is 29.5 Å². The molecule has 0 aliphatic carbocycles. The minimum Gasteiger partial charge on any atom is -0.497 e. The number of nitrogens with zero attached hydrogens (tertiary/aromatic N) is 2. The highest BCUT2D eigenvalue weighted by Gasteiger charge is 2.30. The fraction of sp³-hybridized carbons (Fsp3) is 0.192. The number of fused-ring (bicyclic) bond motifs is 1. The van der Waals surface area contributed by atoms with E-state index < -0.39 is 12.0 Å². The number of hydrogen-bond acceptors (Lipinski definition) is 6. The third kappa shape index (κ3) is 4.73. The van der Waals surface area contributed by atoms with Crippen LogP contribution in [0.15, 0.2) is 81.7 Å². The van der Waals surface area contributed by atoms with Gasteiger partial charge in [-0.15, -0.1) is 0 Å². The molecule has 2 aromatic carbocycles. The lowest BCUT2D eigenvalue weighted by Gasteiger charge is -2.21. The molecule has 1 aromatic heterocycles. The van der Waals surface area contributed by atoms with Gasteiger partial charge in [-0.2, -0.15) is 0 Å². The molecule has 0 N–H and O–H groups in total. The Bertz CT molecular complexity index is 1410. The van der Waals surface area contributed by atoms with Gasteiger partial charge in [-0.05, 0) is 43.2 Å². The van der Waals surface area contributed by atoms with Gasteiger partial charge in [0, 0.05) is 0 Å². The van der Waals surface area contributed by atoms with E-state index in [0.29, 0.717) is 26.4 Å². The molecule has 4 rings (SSSR count). The first-order valence-corrected chi connectivity index (χ1v) is 11.4. The second-order valence-corrected chi connectivity index (χ2v) is 8.40. The van der Waals surface area contributed by atoms with Crippen molar-refractivity contribution in [3.05, 3.63) is 103 Å². The topological polar surface area (TPSA) is 69.9 Å². The van der Waals surface area contributed by atoms with Crippen LogP contribution in [0.25, 0.3) is 12.2 Å². The highest BCUT2D eigenvalue weighted by molar-refractivity contribution is 7.07. The van der Waals surface area contributed by atoms with Crippen LogP contribution in [0.3, 0.4) is 0 Å². The molecule has 33 heavy (non-hydrogen) atoms. The van der Waals surface area contributed by atoms with Gasteiger partial charge in [0.25, 0.3) is 5.56 Å². The standard InChI is InChI=1S/C26H24N2O4S/c1-4-32-25(30)23-17(2)27-26-28(21(23)14-13-18-9-6-5-7-10-18)24(29)22(33-26)16-19-11-8-12-20(15-19)31-3/h5-16,21H,4H2,1-3H3/b14-13+,22-16-. The van der Waals surface area contributed by atoms with Crippen molar-refractivity contribution in [2.75, 3.05) is 13.7 Å². The van der Waals surface area contributed by atoms with Crippen LogP contribution in [-0.4, -0.2) is 24.3 Å². The lowest BCUT2D eigenvalue weighted by atomic mass is 10.0. The molecule has 1 atom stereocenters. The first-order chi connectivity index (χ1) is 16.0. The summed E-state index contributed by atoms with van der Waals surface area (Å²) in [6.45, 7) is 3.77. The van der Waals surface area contributed by atoms with Crippen LogP contribution in [0.4, 0.5) is 0 Å². The largest absolute Gasteiger partial charge is 0.497 e. The molecule has 6 nitrogen and oxygen atoms in total. The summed E-state index contributed by atoms with van der Waals surface area (Å²) >= 11 is 1.29. The summed E-state index contributed by atoms with van der Waals surface area (Å²) < 4.78 is 12.7. The monoisotopic (exact) mass is 460 g/mol. The Hall–Kier alpha value is -3.71. The average molecular weight is 461 g/mol. The Labute approximate surface area is 195 Å². The van der Waals surface area contributed by atoms with Crippen molar-refractivity contribution in [3.8, 4) is 5.75 Å². The molecule has 0 fully saturated rings. The summed E-state index contributed by atoms with van der Waals surface area (Å²) in [7, 11) is 1.60. The quantitative estimate of drug-likeness (QED) is 0.528. The van der Waals surface area contributed by atoms with Gasteiger partial charge in [0.15, 0.2) is 4.80 Å². The Morgan fingerprint density at radius 2 is 1.91 bits per heavy atom. The van der Waals surface area contributed by atoms with Crippen LogP contribution in [0.5, 0.6) is 5.75 Å². The summed E-state index contributed by atoms with van der Waals surface area (Å²) in [4.78, 5) is 31.4. The molecule has 0 saturated heterocycles. The second-order valence-electron chi connectivity index (χ2n) is 7.39. The van der Waals surface area contributed by atoms with E-state index in [1.165, 1.54) is 11.3 Å². The van der Waals surface area contributed by atoms with Crippen molar-refractivity contribution in [2.45, 2.75) is 19.9 Å². The van der Waals surface area contributed by atoms with E-state index in [-0.39, 0.29) is 12.2 Å². The summed E-state index contributed by atoms with van der Waals surface area (Å²) in [6.07, 6.45) is 5.57. The van der Waals surface area contributed by atoms with Crippen molar-refractivity contribution in [1.82, 2.24) is 4.57 Å². The summed E-state index contributed by atoms with van der Waals surface area (Å²) in [5.41, 5.74) is 2.51. The SMILES string of the molecule is CCOC(=O)C1=C(C)N=c2s/c(=C\c3cccc(OC)c3)c(=O)n2C1/C=C/c1ccccc1. The highest BCUT2D eigenvalue weighted by atomic mass is 32.1. The molecule has 168 valence electrons. The Morgan fingerprint density at radius 1 is 1.15 bits per heavy atom. The number of ether oxygens (including phenoxy) is 2. The molecule has 0 spiro atoms. The first kappa shape index (κ1) is 22.5. The number of benzene rings is 2. The second kappa shape index (κ2) is 9.83. The Morgan fingerprint density at radius 3 is 2.64 bits per heavy atom. The highest BCUT2D eigenvalue weighted by Crippen LogP contribution is 2.26. The zero-order chi connectivity index (χ0) is 23.4. The minimum absolute atomic E-state index is 0.210. The number of rotatable bonds is 6. The van der Waals surface area contributed by atoms with E-state index in [1.807, 2.05) is 72.8 Å². The molecule has 1 unspecified atom stereocenters. The molecular weight excluding hydrogens is 436 g/mol. The van der Waals surface area contributed by atoms with Crippen LogP contribution in [0.1, 0.15) is 31.0 Å². The smallest absolute Gasteiger partial charge is 0.338 e. The normalized spacial score (nSPS) is 16.0. The van der Waals surface area contributed by atoms with Gasteiger partial charge < -0.3 is 9.47 Å². The van der Waals surface area contributed by atoms with Crippen LogP contribution in [-0.2, 0) is 9.53 Å². The maximum Gasteiger partial charge on any atom is 0.338 e. The summed E-state index contributed by atoms with van der Waals surface area (Å²) in [5, 5.41) is 0. The first-order valence-electron chi connectivity index (χ1n) is 10.6. The van der Waals surface area contributed by atoms with E-state index in [4.69, 9.17) is 9.47 Å². The molecule has 3 aromatic rings. The van der Waals surface area contributed by atoms with Crippen LogP contribution >= 0.6 is 11.3 Å². The maximum atomic E-state index is 13.5. The van der Waals surface area contributed by atoms with E-state index in [0.717, 1.165) is 11.1 Å². The van der Waals surface area contributed by atoms with Gasteiger partial charge in [-0.1, -0.05) is 66.0 Å². The molecule has 7 heteroatoms. The number of methoxy groups -OCH3 is 1. The maximum absolute atomic E-state index is 13.5. The number of carbonyl (C=O) groups excluding carboxylic acids is 1.